The van der Waals surface area contributed by atoms with Crippen LogP contribution in [0.1, 0.15) is 5.56 Å². The van der Waals surface area contributed by atoms with Gasteiger partial charge in [-0.3, -0.25) is 4.98 Å². The van der Waals surface area contributed by atoms with Gasteiger partial charge in [0.25, 0.3) is 0 Å². The SMILES string of the molecule is Cc1ccc2c(F)c(-c3nc4ccncc4[nH]3)c(S)cc2c1. The topological polar surface area (TPSA) is 41.6 Å². The van der Waals surface area contributed by atoms with Crippen molar-refractivity contribution in [2.24, 2.45) is 0 Å². The van der Waals surface area contributed by atoms with Crippen LogP contribution in [0.4, 0.5) is 4.39 Å². The fraction of sp³-hybridized carbons (Fsp3) is 0.0588. The zero-order valence-corrected chi connectivity index (χ0v) is 12.7. The Balaban J connectivity index is 2.03. The van der Waals surface area contributed by atoms with Crippen molar-refractivity contribution in [3.8, 4) is 11.4 Å². The zero-order chi connectivity index (χ0) is 15.3. The number of aromatic amines is 1. The lowest BCUT2D eigenvalue weighted by Gasteiger charge is -2.08. The average Bonchev–Trinajstić information content (AvgIpc) is 2.90. The van der Waals surface area contributed by atoms with Gasteiger partial charge in [0.15, 0.2) is 0 Å². The minimum atomic E-state index is -0.311. The Morgan fingerprint density at radius 3 is 2.86 bits per heavy atom. The quantitative estimate of drug-likeness (QED) is 0.508. The number of imidazole rings is 1. The minimum Gasteiger partial charge on any atom is -0.337 e. The van der Waals surface area contributed by atoms with E-state index in [9.17, 15) is 4.39 Å². The number of pyridine rings is 1. The number of benzene rings is 2. The van der Waals surface area contributed by atoms with Gasteiger partial charge in [0.1, 0.15) is 11.6 Å². The van der Waals surface area contributed by atoms with Gasteiger partial charge < -0.3 is 4.98 Å². The Kier molecular flexibility index (Phi) is 2.90. The molecule has 4 aromatic rings. The molecule has 2 aromatic heterocycles. The Hall–Kier alpha value is -2.40. The van der Waals surface area contributed by atoms with Crippen LogP contribution < -0.4 is 0 Å². The smallest absolute Gasteiger partial charge is 0.143 e. The van der Waals surface area contributed by atoms with Gasteiger partial charge in [0, 0.05) is 16.5 Å². The van der Waals surface area contributed by atoms with Crippen LogP contribution in [0.15, 0.2) is 47.6 Å². The van der Waals surface area contributed by atoms with E-state index < -0.39 is 0 Å². The van der Waals surface area contributed by atoms with Crippen molar-refractivity contribution in [2.75, 3.05) is 0 Å². The van der Waals surface area contributed by atoms with Crippen molar-refractivity contribution < 1.29 is 4.39 Å². The summed E-state index contributed by atoms with van der Waals surface area (Å²) >= 11 is 4.46. The van der Waals surface area contributed by atoms with Crippen molar-refractivity contribution in [2.45, 2.75) is 11.8 Å². The molecule has 0 bridgehead atoms. The summed E-state index contributed by atoms with van der Waals surface area (Å²) in [6.07, 6.45) is 3.33. The molecule has 2 aromatic carbocycles. The molecule has 4 rings (SSSR count). The number of aryl methyl sites for hydroxylation is 1. The Bertz CT molecular complexity index is 990. The number of H-pyrrole nitrogens is 1. The van der Waals surface area contributed by atoms with Crippen LogP contribution in [0.25, 0.3) is 33.2 Å². The van der Waals surface area contributed by atoms with Crippen LogP contribution in [0.3, 0.4) is 0 Å². The summed E-state index contributed by atoms with van der Waals surface area (Å²) in [6, 6.07) is 9.30. The summed E-state index contributed by atoms with van der Waals surface area (Å²) < 4.78 is 15.0. The summed E-state index contributed by atoms with van der Waals surface area (Å²) in [5.41, 5.74) is 2.99. The fourth-order valence-electron chi connectivity index (χ4n) is 2.67. The molecule has 3 nitrogen and oxygen atoms in total. The number of fused-ring (bicyclic) bond motifs is 2. The number of nitrogens with zero attached hydrogens (tertiary/aromatic N) is 2. The third-order valence-corrected chi connectivity index (χ3v) is 4.08. The molecular formula is C17H12FN3S. The highest BCUT2D eigenvalue weighted by Gasteiger charge is 2.17. The Morgan fingerprint density at radius 2 is 2.05 bits per heavy atom. The van der Waals surface area contributed by atoms with Gasteiger partial charge in [-0.05, 0) is 24.4 Å². The molecular weight excluding hydrogens is 297 g/mol. The Labute approximate surface area is 131 Å². The first kappa shape index (κ1) is 13.3. The van der Waals surface area contributed by atoms with Gasteiger partial charge in [0.2, 0.25) is 0 Å². The third kappa shape index (κ3) is 1.97. The van der Waals surface area contributed by atoms with E-state index in [1.165, 1.54) is 0 Å². The monoisotopic (exact) mass is 309 g/mol. The number of hydrogen-bond donors (Lipinski definition) is 2. The molecule has 1 N–H and O–H groups in total. The van der Waals surface area contributed by atoms with E-state index in [0.717, 1.165) is 22.0 Å². The maximum atomic E-state index is 15.0. The summed E-state index contributed by atoms with van der Waals surface area (Å²) in [5.74, 6) is 0.155. The van der Waals surface area contributed by atoms with Gasteiger partial charge >= 0.3 is 0 Å². The lowest BCUT2D eigenvalue weighted by Crippen LogP contribution is -1.92. The number of aromatic nitrogens is 3. The lowest BCUT2D eigenvalue weighted by atomic mass is 10.0. The van der Waals surface area contributed by atoms with E-state index in [0.29, 0.717) is 21.7 Å². The molecule has 0 aliphatic rings. The molecule has 0 amide bonds. The van der Waals surface area contributed by atoms with Crippen LogP contribution in [-0.2, 0) is 0 Å². The highest BCUT2D eigenvalue weighted by Crippen LogP contribution is 2.34. The first-order chi connectivity index (χ1) is 10.6. The number of thiol groups is 1. The maximum absolute atomic E-state index is 15.0. The molecule has 0 saturated heterocycles. The van der Waals surface area contributed by atoms with E-state index in [-0.39, 0.29) is 5.82 Å². The summed E-state index contributed by atoms with van der Waals surface area (Å²) in [6.45, 7) is 1.98. The molecule has 0 saturated carbocycles. The molecule has 5 heteroatoms. The fourth-order valence-corrected chi connectivity index (χ4v) is 3.01. The van der Waals surface area contributed by atoms with Crippen LogP contribution in [0, 0.1) is 12.7 Å². The van der Waals surface area contributed by atoms with Crippen molar-refractivity contribution in [1.82, 2.24) is 15.0 Å². The molecule has 0 spiro atoms. The maximum Gasteiger partial charge on any atom is 0.143 e. The molecule has 108 valence electrons. The predicted octanol–water partition coefficient (Wildman–Crippen LogP) is 4.51. The highest BCUT2D eigenvalue weighted by atomic mass is 32.1. The second-order valence-electron chi connectivity index (χ2n) is 5.29. The first-order valence-corrected chi connectivity index (χ1v) is 7.30. The number of nitrogens with one attached hydrogen (secondary N) is 1. The van der Waals surface area contributed by atoms with Crippen molar-refractivity contribution in [3.63, 3.8) is 0 Å². The van der Waals surface area contributed by atoms with E-state index in [1.54, 1.807) is 24.5 Å². The van der Waals surface area contributed by atoms with Crippen molar-refractivity contribution in [1.29, 1.82) is 0 Å². The lowest BCUT2D eigenvalue weighted by molar-refractivity contribution is 0.639. The van der Waals surface area contributed by atoms with E-state index in [4.69, 9.17) is 0 Å². The van der Waals surface area contributed by atoms with Crippen LogP contribution in [-0.4, -0.2) is 15.0 Å². The van der Waals surface area contributed by atoms with Crippen molar-refractivity contribution >= 4 is 34.4 Å². The van der Waals surface area contributed by atoms with E-state index in [2.05, 4.69) is 27.6 Å². The van der Waals surface area contributed by atoms with E-state index in [1.807, 2.05) is 25.1 Å². The van der Waals surface area contributed by atoms with Gasteiger partial charge in [-0.25, -0.2) is 9.37 Å². The average molecular weight is 309 g/mol. The van der Waals surface area contributed by atoms with Crippen molar-refractivity contribution in [3.05, 3.63) is 54.1 Å². The third-order valence-electron chi connectivity index (χ3n) is 3.73. The molecule has 0 unspecified atom stereocenters. The van der Waals surface area contributed by atoms with Crippen LogP contribution in [0.2, 0.25) is 0 Å². The standard InChI is InChI=1S/C17H12FN3S/c1-9-2-3-11-10(6-9)7-14(22)15(16(11)18)17-20-12-4-5-19-8-13(12)21-17/h2-8,22H,1H3,(H,20,21). The largest absolute Gasteiger partial charge is 0.337 e. The van der Waals surface area contributed by atoms with Gasteiger partial charge in [-0.2, -0.15) is 0 Å². The summed E-state index contributed by atoms with van der Waals surface area (Å²) in [7, 11) is 0. The second kappa shape index (κ2) is 4.81. The first-order valence-electron chi connectivity index (χ1n) is 6.85. The molecule has 0 aliphatic carbocycles. The van der Waals surface area contributed by atoms with Crippen LogP contribution >= 0.6 is 12.6 Å². The summed E-state index contributed by atoms with van der Waals surface area (Å²) in [5, 5.41) is 1.40. The highest BCUT2D eigenvalue weighted by molar-refractivity contribution is 7.80. The minimum absolute atomic E-state index is 0.311. The molecule has 0 aliphatic heterocycles. The van der Waals surface area contributed by atoms with E-state index >= 15 is 0 Å². The van der Waals surface area contributed by atoms with Gasteiger partial charge in [0.05, 0.1) is 22.8 Å². The molecule has 0 radical (unpaired) electrons. The number of hydrogen-bond acceptors (Lipinski definition) is 3. The zero-order valence-electron chi connectivity index (χ0n) is 11.8. The Morgan fingerprint density at radius 1 is 1.18 bits per heavy atom. The number of halogens is 1. The van der Waals surface area contributed by atoms with Gasteiger partial charge in [-0.1, -0.05) is 23.8 Å². The molecule has 0 fully saturated rings. The van der Waals surface area contributed by atoms with Crippen LogP contribution in [0.5, 0.6) is 0 Å². The second-order valence-corrected chi connectivity index (χ2v) is 5.77. The molecule has 0 atom stereocenters. The normalized spacial score (nSPS) is 11.4. The molecule has 22 heavy (non-hydrogen) atoms. The molecule has 2 heterocycles. The summed E-state index contributed by atoms with van der Waals surface area (Å²) in [4.78, 5) is 12.1. The van der Waals surface area contributed by atoms with Gasteiger partial charge in [-0.15, -0.1) is 12.6 Å². The predicted molar refractivity (Wildman–Crippen MR) is 88.8 cm³/mol. The number of rotatable bonds is 1.